The summed E-state index contributed by atoms with van der Waals surface area (Å²) in [6.07, 6.45) is 1.21. The Labute approximate surface area is 76.5 Å². The monoisotopic (exact) mass is 181 g/mol. The van der Waals surface area contributed by atoms with Gasteiger partial charge in [-0.15, -0.1) is 0 Å². The van der Waals surface area contributed by atoms with Crippen LogP contribution in [0, 0.1) is 23.2 Å². The van der Waals surface area contributed by atoms with Crippen LogP contribution in [0.1, 0.15) is 19.3 Å². The third-order valence-electron chi connectivity index (χ3n) is 2.32. The number of rotatable bonds is 1. The van der Waals surface area contributed by atoms with Crippen molar-refractivity contribution < 1.29 is 14.3 Å². The second-order valence-electron chi connectivity index (χ2n) is 3.14. The van der Waals surface area contributed by atoms with E-state index in [9.17, 15) is 9.59 Å². The highest BCUT2D eigenvalue weighted by atomic mass is 16.5. The number of carbonyl (C=O) groups is 2. The molecule has 1 aliphatic carbocycles. The van der Waals surface area contributed by atoms with Gasteiger partial charge in [0.25, 0.3) is 0 Å². The molecular weight excluding hydrogens is 170 g/mol. The fraction of sp³-hybridized carbons (Fsp3) is 0.667. The number of hydrogen-bond acceptors (Lipinski definition) is 4. The molecule has 4 nitrogen and oxygen atoms in total. The third kappa shape index (κ3) is 2.05. The molecular formula is C9H11NO3. The van der Waals surface area contributed by atoms with E-state index in [1.54, 1.807) is 0 Å². The highest BCUT2D eigenvalue weighted by Gasteiger charge is 2.34. The van der Waals surface area contributed by atoms with Crippen molar-refractivity contribution in [2.75, 3.05) is 7.11 Å². The lowest BCUT2D eigenvalue weighted by Crippen LogP contribution is -2.31. The lowest BCUT2D eigenvalue weighted by Gasteiger charge is -2.21. The lowest BCUT2D eigenvalue weighted by molar-refractivity contribution is -0.151. The van der Waals surface area contributed by atoms with Gasteiger partial charge in [-0.1, -0.05) is 0 Å². The van der Waals surface area contributed by atoms with Crippen molar-refractivity contribution in [1.29, 1.82) is 5.26 Å². The number of nitriles is 1. The highest BCUT2D eigenvalue weighted by molar-refractivity contribution is 5.99. The predicted octanol–water partition coefficient (Wildman–Crippen LogP) is 0.668. The summed E-state index contributed by atoms with van der Waals surface area (Å²) in [5.74, 6) is -1.49. The van der Waals surface area contributed by atoms with Crippen LogP contribution < -0.4 is 0 Å². The maximum Gasteiger partial charge on any atom is 0.316 e. The first-order valence-electron chi connectivity index (χ1n) is 4.19. The van der Waals surface area contributed by atoms with Crippen LogP contribution in [0.4, 0.5) is 0 Å². The Morgan fingerprint density at radius 1 is 1.69 bits per heavy atom. The van der Waals surface area contributed by atoms with Gasteiger partial charge in [0.1, 0.15) is 11.7 Å². The Bertz CT molecular complexity index is 259. The first kappa shape index (κ1) is 9.72. The maximum atomic E-state index is 11.2. The molecule has 0 aromatic rings. The molecule has 70 valence electrons. The number of ether oxygens (including phenoxy) is 1. The summed E-state index contributed by atoms with van der Waals surface area (Å²) in [5, 5.41) is 8.64. The van der Waals surface area contributed by atoms with E-state index >= 15 is 0 Å². The van der Waals surface area contributed by atoms with Crippen molar-refractivity contribution in [2.45, 2.75) is 19.3 Å². The van der Waals surface area contributed by atoms with Crippen LogP contribution in [0.3, 0.4) is 0 Å². The Morgan fingerprint density at radius 2 is 2.38 bits per heavy atom. The number of Topliss-reactive ketones (excluding diaryl/α,β-unsaturated/α-hetero) is 1. The Morgan fingerprint density at radius 3 is 2.92 bits per heavy atom. The Hall–Kier alpha value is -1.37. The summed E-state index contributed by atoms with van der Waals surface area (Å²) in [7, 11) is 1.26. The first-order chi connectivity index (χ1) is 6.19. The largest absolute Gasteiger partial charge is 0.468 e. The zero-order valence-electron chi connectivity index (χ0n) is 7.45. The van der Waals surface area contributed by atoms with Gasteiger partial charge >= 0.3 is 5.97 Å². The third-order valence-corrected chi connectivity index (χ3v) is 2.32. The molecule has 0 N–H and O–H groups in total. The molecule has 0 aliphatic heterocycles. The van der Waals surface area contributed by atoms with Gasteiger partial charge in [-0.25, -0.2) is 0 Å². The zero-order valence-corrected chi connectivity index (χ0v) is 7.45. The van der Waals surface area contributed by atoms with Gasteiger partial charge in [0.15, 0.2) is 0 Å². The van der Waals surface area contributed by atoms with Crippen molar-refractivity contribution in [3.63, 3.8) is 0 Å². The van der Waals surface area contributed by atoms with Crippen molar-refractivity contribution >= 4 is 11.8 Å². The van der Waals surface area contributed by atoms with Gasteiger partial charge in [-0.3, -0.25) is 9.59 Å². The van der Waals surface area contributed by atoms with Gasteiger partial charge in [-0.2, -0.15) is 5.26 Å². The topological polar surface area (TPSA) is 67.2 Å². The number of hydrogen-bond donors (Lipinski definition) is 0. The number of nitrogens with zero attached hydrogens (tertiary/aromatic N) is 1. The van der Waals surface area contributed by atoms with Gasteiger partial charge in [0.05, 0.1) is 13.2 Å². The molecule has 0 heterocycles. The van der Waals surface area contributed by atoms with E-state index in [1.807, 2.05) is 0 Å². The molecule has 0 saturated heterocycles. The van der Waals surface area contributed by atoms with Crippen LogP contribution in [0.25, 0.3) is 0 Å². The molecule has 0 spiro atoms. The van der Waals surface area contributed by atoms with Crippen molar-refractivity contribution in [3.8, 4) is 6.07 Å². The average molecular weight is 181 g/mol. The number of ketones is 1. The van der Waals surface area contributed by atoms with Gasteiger partial charge < -0.3 is 4.74 Å². The van der Waals surface area contributed by atoms with Crippen molar-refractivity contribution in [2.24, 2.45) is 11.8 Å². The van der Waals surface area contributed by atoms with Crippen LogP contribution >= 0.6 is 0 Å². The van der Waals surface area contributed by atoms with Crippen LogP contribution in [0.2, 0.25) is 0 Å². The van der Waals surface area contributed by atoms with Gasteiger partial charge in [0, 0.05) is 12.3 Å². The highest BCUT2D eigenvalue weighted by Crippen LogP contribution is 2.26. The second kappa shape index (κ2) is 4.04. The standard InChI is InChI=1S/C9H11NO3/c1-13-9(12)7-4-6(5-10)2-3-8(7)11/h6-7H,2-4H2,1H3. The van der Waals surface area contributed by atoms with E-state index in [0.29, 0.717) is 19.3 Å². The Kier molecular flexibility index (Phi) is 3.02. The smallest absolute Gasteiger partial charge is 0.316 e. The van der Waals surface area contributed by atoms with E-state index in [1.165, 1.54) is 7.11 Å². The summed E-state index contributed by atoms with van der Waals surface area (Å²) < 4.78 is 4.48. The van der Waals surface area contributed by atoms with Crippen LogP contribution in [-0.2, 0) is 14.3 Å². The fourth-order valence-corrected chi connectivity index (χ4v) is 1.51. The lowest BCUT2D eigenvalue weighted by atomic mass is 9.81. The van der Waals surface area contributed by atoms with Crippen LogP contribution in [0.15, 0.2) is 0 Å². The molecule has 0 amide bonds. The minimum atomic E-state index is -0.705. The number of esters is 1. The molecule has 0 bridgehead atoms. The average Bonchev–Trinajstić information content (AvgIpc) is 2.17. The SMILES string of the molecule is COC(=O)C1CC(C#N)CCC1=O. The summed E-state index contributed by atoms with van der Waals surface area (Å²) in [5.41, 5.74) is 0. The summed E-state index contributed by atoms with van der Waals surface area (Å²) in [6, 6.07) is 2.07. The molecule has 1 saturated carbocycles. The molecule has 0 aromatic carbocycles. The van der Waals surface area contributed by atoms with Crippen LogP contribution in [-0.4, -0.2) is 18.9 Å². The number of methoxy groups -OCH3 is 1. The van der Waals surface area contributed by atoms with E-state index < -0.39 is 11.9 Å². The molecule has 13 heavy (non-hydrogen) atoms. The van der Waals surface area contributed by atoms with E-state index in [2.05, 4.69) is 10.8 Å². The zero-order chi connectivity index (χ0) is 9.84. The molecule has 0 aromatic heterocycles. The fourth-order valence-electron chi connectivity index (χ4n) is 1.51. The number of carbonyl (C=O) groups excluding carboxylic acids is 2. The van der Waals surface area contributed by atoms with Gasteiger partial charge in [0.2, 0.25) is 0 Å². The normalized spacial score (nSPS) is 27.8. The summed E-state index contributed by atoms with van der Waals surface area (Å²) in [6.45, 7) is 0. The quantitative estimate of drug-likeness (QED) is 0.440. The maximum absolute atomic E-state index is 11.2. The molecule has 1 fully saturated rings. The second-order valence-corrected chi connectivity index (χ2v) is 3.14. The first-order valence-corrected chi connectivity index (χ1v) is 4.19. The minimum absolute atomic E-state index is 0.0987. The van der Waals surface area contributed by atoms with Crippen molar-refractivity contribution in [1.82, 2.24) is 0 Å². The molecule has 2 unspecified atom stereocenters. The molecule has 1 rings (SSSR count). The molecule has 4 heteroatoms. The van der Waals surface area contributed by atoms with Crippen molar-refractivity contribution in [3.05, 3.63) is 0 Å². The molecule has 0 radical (unpaired) electrons. The van der Waals surface area contributed by atoms with E-state index in [4.69, 9.17) is 5.26 Å². The summed E-state index contributed by atoms with van der Waals surface area (Å²) in [4.78, 5) is 22.3. The Balaban J connectivity index is 2.66. The minimum Gasteiger partial charge on any atom is -0.468 e. The van der Waals surface area contributed by atoms with E-state index in [0.717, 1.165) is 0 Å². The molecule has 1 aliphatic rings. The van der Waals surface area contributed by atoms with E-state index in [-0.39, 0.29) is 11.7 Å². The summed E-state index contributed by atoms with van der Waals surface area (Å²) >= 11 is 0. The van der Waals surface area contributed by atoms with Gasteiger partial charge in [-0.05, 0) is 12.8 Å². The van der Waals surface area contributed by atoms with Crippen LogP contribution in [0.5, 0.6) is 0 Å². The predicted molar refractivity (Wildman–Crippen MR) is 43.5 cm³/mol. The molecule has 2 atom stereocenters.